The molecule has 0 atom stereocenters. The van der Waals surface area contributed by atoms with E-state index in [0.29, 0.717) is 23.1 Å². The third-order valence-corrected chi connectivity index (χ3v) is 4.64. The summed E-state index contributed by atoms with van der Waals surface area (Å²) in [5.74, 6) is 0.726. The lowest BCUT2D eigenvalue weighted by atomic mass is 10.0. The van der Waals surface area contributed by atoms with Gasteiger partial charge in [0, 0.05) is 40.3 Å². The van der Waals surface area contributed by atoms with Crippen LogP contribution in [0.4, 0.5) is 0 Å². The number of amides is 1. The number of hydrogen-bond acceptors (Lipinski definition) is 3. The zero-order valence-corrected chi connectivity index (χ0v) is 15.5. The van der Waals surface area contributed by atoms with Gasteiger partial charge in [0.05, 0.1) is 0 Å². The number of aromatic nitrogens is 1. The average molecular weight is 377 g/mol. The standard InChI is InChI=1S/C22H17ClN2O2/c1-14-2-7-18-19(12-14)20(16-3-5-17(23)6-4-16)27-21(18)22(26)25-13-15-8-10-24-11-9-15/h2-12H,13H2,1H3,(H,25,26). The molecule has 0 aliphatic rings. The van der Waals surface area contributed by atoms with Crippen LogP contribution in [0.25, 0.3) is 22.1 Å². The second-order valence-corrected chi connectivity index (χ2v) is 6.79. The Balaban J connectivity index is 1.72. The predicted octanol–water partition coefficient (Wildman–Crippen LogP) is 5.39. The summed E-state index contributed by atoms with van der Waals surface area (Å²) in [4.78, 5) is 16.8. The third kappa shape index (κ3) is 3.57. The predicted molar refractivity (Wildman–Crippen MR) is 107 cm³/mol. The van der Waals surface area contributed by atoms with E-state index in [1.54, 1.807) is 12.4 Å². The summed E-state index contributed by atoms with van der Waals surface area (Å²) in [6.45, 7) is 2.42. The topological polar surface area (TPSA) is 55.1 Å². The number of carbonyl (C=O) groups is 1. The smallest absolute Gasteiger partial charge is 0.287 e. The summed E-state index contributed by atoms with van der Waals surface area (Å²) in [5.41, 5.74) is 2.95. The number of nitrogens with one attached hydrogen (secondary N) is 1. The van der Waals surface area contributed by atoms with Crippen LogP contribution in [-0.4, -0.2) is 10.9 Å². The maximum Gasteiger partial charge on any atom is 0.287 e. The van der Waals surface area contributed by atoms with Crippen molar-refractivity contribution < 1.29 is 9.21 Å². The van der Waals surface area contributed by atoms with E-state index < -0.39 is 0 Å². The van der Waals surface area contributed by atoms with Crippen LogP contribution in [0.15, 0.2) is 71.4 Å². The van der Waals surface area contributed by atoms with Crippen molar-refractivity contribution in [2.75, 3.05) is 0 Å². The lowest BCUT2D eigenvalue weighted by Crippen LogP contribution is -2.22. The average Bonchev–Trinajstić information content (AvgIpc) is 3.06. The molecule has 134 valence electrons. The number of nitrogens with zero attached hydrogens (tertiary/aromatic N) is 1. The summed E-state index contributed by atoms with van der Waals surface area (Å²) in [5, 5.41) is 5.27. The van der Waals surface area contributed by atoms with Crippen LogP contribution in [-0.2, 0) is 6.54 Å². The van der Waals surface area contributed by atoms with Crippen molar-refractivity contribution in [2.24, 2.45) is 0 Å². The number of rotatable bonds is 4. The van der Waals surface area contributed by atoms with Crippen LogP contribution in [0.1, 0.15) is 21.7 Å². The molecule has 2 heterocycles. The second-order valence-electron chi connectivity index (χ2n) is 6.35. The molecule has 27 heavy (non-hydrogen) atoms. The minimum Gasteiger partial charge on any atom is -0.450 e. The molecule has 2 aromatic carbocycles. The van der Waals surface area contributed by atoms with Gasteiger partial charge in [0.15, 0.2) is 5.76 Å². The minimum atomic E-state index is -0.249. The Labute approximate surface area is 161 Å². The largest absolute Gasteiger partial charge is 0.450 e. The monoisotopic (exact) mass is 376 g/mol. The van der Waals surface area contributed by atoms with Gasteiger partial charge >= 0.3 is 0 Å². The van der Waals surface area contributed by atoms with Crippen molar-refractivity contribution in [3.05, 3.63) is 88.9 Å². The highest BCUT2D eigenvalue weighted by Gasteiger charge is 2.20. The summed E-state index contributed by atoms with van der Waals surface area (Å²) < 4.78 is 6.03. The Bertz CT molecular complexity index is 1100. The molecule has 5 heteroatoms. The number of fused-ring (bicyclic) bond motifs is 1. The van der Waals surface area contributed by atoms with E-state index in [1.165, 1.54) is 0 Å². The van der Waals surface area contributed by atoms with Gasteiger partial charge in [-0.2, -0.15) is 0 Å². The van der Waals surface area contributed by atoms with E-state index in [1.807, 2.05) is 61.5 Å². The molecule has 4 rings (SSSR count). The van der Waals surface area contributed by atoms with Crippen LogP contribution in [0.2, 0.25) is 5.02 Å². The zero-order chi connectivity index (χ0) is 18.8. The zero-order valence-electron chi connectivity index (χ0n) is 14.7. The number of furan rings is 1. The van der Waals surface area contributed by atoms with Gasteiger partial charge in [-0.15, -0.1) is 0 Å². The molecular weight excluding hydrogens is 360 g/mol. The first kappa shape index (κ1) is 17.3. The third-order valence-electron chi connectivity index (χ3n) is 4.38. The number of pyridine rings is 1. The normalized spacial score (nSPS) is 10.9. The first-order chi connectivity index (χ1) is 13.1. The van der Waals surface area contributed by atoms with Crippen LogP contribution in [0.3, 0.4) is 0 Å². The number of hydrogen-bond donors (Lipinski definition) is 1. The Morgan fingerprint density at radius 2 is 1.78 bits per heavy atom. The maximum absolute atomic E-state index is 12.8. The van der Waals surface area contributed by atoms with Crippen molar-refractivity contribution in [2.45, 2.75) is 13.5 Å². The molecule has 4 aromatic rings. The second kappa shape index (κ2) is 7.25. The van der Waals surface area contributed by atoms with E-state index in [4.69, 9.17) is 16.0 Å². The first-order valence-electron chi connectivity index (χ1n) is 8.58. The van der Waals surface area contributed by atoms with Crippen LogP contribution < -0.4 is 5.32 Å². The minimum absolute atomic E-state index is 0.249. The summed E-state index contributed by atoms with van der Waals surface area (Å²) in [6, 6.07) is 17.1. The number of aryl methyl sites for hydroxylation is 1. The van der Waals surface area contributed by atoms with E-state index >= 15 is 0 Å². The molecule has 0 bridgehead atoms. The molecule has 0 saturated heterocycles. The Kier molecular flexibility index (Phi) is 4.65. The fourth-order valence-electron chi connectivity index (χ4n) is 3.00. The van der Waals surface area contributed by atoms with Gasteiger partial charge in [-0.05, 0) is 55.0 Å². The van der Waals surface area contributed by atoms with Gasteiger partial charge in [0.25, 0.3) is 5.91 Å². The van der Waals surface area contributed by atoms with Crippen LogP contribution in [0, 0.1) is 6.92 Å². The highest BCUT2D eigenvalue weighted by atomic mass is 35.5. The fraction of sp³-hybridized carbons (Fsp3) is 0.0909. The fourth-order valence-corrected chi connectivity index (χ4v) is 3.13. The molecule has 0 saturated carbocycles. The van der Waals surface area contributed by atoms with Crippen molar-refractivity contribution >= 4 is 28.3 Å². The van der Waals surface area contributed by atoms with E-state index in [9.17, 15) is 4.79 Å². The first-order valence-corrected chi connectivity index (χ1v) is 8.96. The van der Waals surface area contributed by atoms with Crippen molar-refractivity contribution in [1.29, 1.82) is 0 Å². The SMILES string of the molecule is Cc1ccc2c(C(=O)NCc3ccncc3)oc(-c3ccc(Cl)cc3)c2c1. The molecule has 0 aliphatic heterocycles. The molecule has 1 amide bonds. The van der Waals surface area contributed by atoms with Crippen LogP contribution in [0.5, 0.6) is 0 Å². The highest BCUT2D eigenvalue weighted by molar-refractivity contribution is 6.30. The quantitative estimate of drug-likeness (QED) is 0.519. The van der Waals surface area contributed by atoms with Crippen LogP contribution >= 0.6 is 11.6 Å². The molecule has 0 radical (unpaired) electrons. The Morgan fingerprint density at radius 3 is 2.52 bits per heavy atom. The van der Waals surface area contributed by atoms with Gasteiger partial charge in [0.1, 0.15) is 5.76 Å². The molecule has 2 aromatic heterocycles. The van der Waals surface area contributed by atoms with E-state index in [0.717, 1.165) is 27.5 Å². The van der Waals surface area contributed by atoms with Gasteiger partial charge in [-0.25, -0.2) is 0 Å². The van der Waals surface area contributed by atoms with E-state index in [-0.39, 0.29) is 5.91 Å². The van der Waals surface area contributed by atoms with Crippen molar-refractivity contribution in [3.63, 3.8) is 0 Å². The van der Waals surface area contributed by atoms with Gasteiger partial charge in [-0.1, -0.05) is 29.3 Å². The summed E-state index contributed by atoms with van der Waals surface area (Å²) in [7, 11) is 0. The molecule has 0 spiro atoms. The molecule has 0 aliphatic carbocycles. The lowest BCUT2D eigenvalue weighted by molar-refractivity contribution is 0.0926. The summed E-state index contributed by atoms with van der Waals surface area (Å²) >= 11 is 6.00. The van der Waals surface area contributed by atoms with Gasteiger partial charge in [-0.3, -0.25) is 9.78 Å². The number of halogens is 1. The van der Waals surface area contributed by atoms with Crippen molar-refractivity contribution in [3.8, 4) is 11.3 Å². The Hall–Kier alpha value is -3.11. The van der Waals surface area contributed by atoms with Crippen molar-refractivity contribution in [1.82, 2.24) is 10.3 Å². The molecule has 0 fully saturated rings. The molecule has 0 unspecified atom stereocenters. The maximum atomic E-state index is 12.8. The molecule has 4 nitrogen and oxygen atoms in total. The van der Waals surface area contributed by atoms with Gasteiger partial charge in [0.2, 0.25) is 0 Å². The van der Waals surface area contributed by atoms with E-state index in [2.05, 4.69) is 10.3 Å². The lowest BCUT2D eigenvalue weighted by Gasteiger charge is -2.03. The molecule has 1 N–H and O–H groups in total. The molecular formula is C22H17ClN2O2. The number of carbonyl (C=O) groups excluding carboxylic acids is 1. The summed E-state index contributed by atoms with van der Waals surface area (Å²) in [6.07, 6.45) is 3.40. The van der Waals surface area contributed by atoms with Gasteiger partial charge < -0.3 is 9.73 Å². The Morgan fingerprint density at radius 1 is 1.04 bits per heavy atom. The highest BCUT2D eigenvalue weighted by Crippen LogP contribution is 2.35. The number of benzene rings is 2.